The molecule has 0 heterocycles. The number of benzene rings is 2. The van der Waals surface area contributed by atoms with E-state index in [9.17, 15) is 23.7 Å². The van der Waals surface area contributed by atoms with Gasteiger partial charge in [-0.3, -0.25) is 14.9 Å². The molecule has 0 bridgehead atoms. The van der Waals surface area contributed by atoms with E-state index in [1.165, 1.54) is 12.1 Å². The number of nitrogens with zero attached hydrogens (tertiary/aromatic N) is 1. The number of hydrogen-bond donors (Lipinski definition) is 2. The number of carbonyl (C=O) groups excluding carboxylic acids is 1. The molecule has 0 spiro atoms. The monoisotopic (exact) mass is 335 g/mol. The highest BCUT2D eigenvalue weighted by Gasteiger charge is 2.17. The number of hydrogen-bond acceptors (Lipinski definition) is 4. The maximum absolute atomic E-state index is 13.5. The molecule has 0 aliphatic heterocycles. The molecule has 0 atom stereocenters. The first-order valence-corrected chi connectivity index (χ1v) is 7.12. The Morgan fingerprint density at radius 1 is 1.12 bits per heavy atom. The molecule has 1 amide bonds. The third kappa shape index (κ3) is 3.83. The lowest BCUT2D eigenvalue weighted by Gasteiger charge is -2.11. The molecule has 0 saturated heterocycles. The fourth-order valence-corrected chi connectivity index (χ4v) is 2.20. The first-order chi connectivity index (χ1) is 11.4. The molecule has 0 saturated carbocycles. The van der Waals surface area contributed by atoms with Gasteiger partial charge in [0.25, 0.3) is 11.6 Å². The van der Waals surface area contributed by atoms with Crippen LogP contribution in [0.1, 0.15) is 15.9 Å². The number of nitro groups is 1. The van der Waals surface area contributed by atoms with E-state index in [2.05, 4.69) is 10.6 Å². The Morgan fingerprint density at radius 2 is 1.75 bits per heavy atom. The van der Waals surface area contributed by atoms with Crippen LogP contribution in [0.2, 0.25) is 0 Å². The number of amides is 1. The van der Waals surface area contributed by atoms with E-state index in [4.69, 9.17) is 0 Å². The first-order valence-electron chi connectivity index (χ1n) is 7.12. The van der Waals surface area contributed by atoms with Crippen LogP contribution in [-0.2, 0) is 0 Å². The zero-order chi connectivity index (χ0) is 17.7. The Kier molecular flexibility index (Phi) is 5.41. The zero-order valence-electron chi connectivity index (χ0n) is 12.8. The topological polar surface area (TPSA) is 84.3 Å². The molecule has 0 fully saturated rings. The van der Waals surface area contributed by atoms with Crippen molar-refractivity contribution >= 4 is 17.3 Å². The van der Waals surface area contributed by atoms with Gasteiger partial charge in [-0.25, -0.2) is 8.78 Å². The predicted molar refractivity (Wildman–Crippen MR) is 85.0 cm³/mol. The highest BCUT2D eigenvalue weighted by atomic mass is 19.1. The van der Waals surface area contributed by atoms with E-state index in [-0.39, 0.29) is 18.8 Å². The van der Waals surface area contributed by atoms with Crippen LogP contribution in [0.25, 0.3) is 0 Å². The van der Waals surface area contributed by atoms with Gasteiger partial charge in [-0.1, -0.05) is 18.2 Å². The number of aryl methyl sites for hydroxylation is 1. The van der Waals surface area contributed by atoms with Crippen molar-refractivity contribution in [1.29, 1.82) is 0 Å². The fraction of sp³-hybridized carbons (Fsp3) is 0.188. The summed E-state index contributed by atoms with van der Waals surface area (Å²) in [6.07, 6.45) is 0. The quantitative estimate of drug-likeness (QED) is 0.483. The number of anilines is 1. The zero-order valence-corrected chi connectivity index (χ0v) is 12.8. The second kappa shape index (κ2) is 7.49. The van der Waals surface area contributed by atoms with Gasteiger partial charge in [0.1, 0.15) is 22.9 Å². The summed E-state index contributed by atoms with van der Waals surface area (Å²) in [7, 11) is 0. The molecule has 126 valence electrons. The molecule has 2 rings (SSSR count). The van der Waals surface area contributed by atoms with Crippen molar-refractivity contribution in [3.63, 3.8) is 0 Å². The van der Waals surface area contributed by atoms with Crippen molar-refractivity contribution in [1.82, 2.24) is 5.32 Å². The van der Waals surface area contributed by atoms with Crippen molar-refractivity contribution in [2.45, 2.75) is 6.92 Å². The van der Waals surface area contributed by atoms with Crippen LogP contribution in [0.15, 0.2) is 36.4 Å². The third-order valence-electron chi connectivity index (χ3n) is 3.35. The number of rotatable bonds is 6. The molecule has 0 unspecified atom stereocenters. The maximum Gasteiger partial charge on any atom is 0.292 e. The summed E-state index contributed by atoms with van der Waals surface area (Å²) in [6, 6.07) is 7.80. The van der Waals surface area contributed by atoms with Crippen molar-refractivity contribution in [2.24, 2.45) is 0 Å². The Bertz CT molecular complexity index is 761. The van der Waals surface area contributed by atoms with E-state index in [1.807, 2.05) is 0 Å². The third-order valence-corrected chi connectivity index (χ3v) is 3.35. The summed E-state index contributed by atoms with van der Waals surface area (Å²) >= 11 is 0. The highest BCUT2D eigenvalue weighted by Crippen LogP contribution is 2.27. The van der Waals surface area contributed by atoms with Gasteiger partial charge in [-0.05, 0) is 24.6 Å². The summed E-state index contributed by atoms with van der Waals surface area (Å²) in [4.78, 5) is 22.3. The van der Waals surface area contributed by atoms with Gasteiger partial charge < -0.3 is 10.6 Å². The molecule has 8 heteroatoms. The summed E-state index contributed by atoms with van der Waals surface area (Å²) in [5.74, 6) is -2.78. The van der Waals surface area contributed by atoms with Crippen molar-refractivity contribution < 1.29 is 18.5 Å². The average molecular weight is 335 g/mol. The minimum atomic E-state index is -0.949. The molecular weight excluding hydrogens is 320 g/mol. The van der Waals surface area contributed by atoms with Crippen LogP contribution < -0.4 is 10.6 Å². The summed E-state index contributed by atoms with van der Waals surface area (Å²) < 4.78 is 27.0. The lowest BCUT2D eigenvalue weighted by Crippen LogP contribution is -2.30. The molecule has 0 aliphatic carbocycles. The van der Waals surface area contributed by atoms with Gasteiger partial charge in [0.15, 0.2) is 0 Å². The molecule has 0 aromatic heterocycles. The smallest absolute Gasteiger partial charge is 0.292 e. The number of nitro benzene ring substituents is 1. The lowest BCUT2D eigenvalue weighted by atomic mass is 10.1. The Morgan fingerprint density at radius 3 is 2.38 bits per heavy atom. The van der Waals surface area contributed by atoms with Gasteiger partial charge >= 0.3 is 0 Å². The molecule has 6 nitrogen and oxygen atoms in total. The maximum atomic E-state index is 13.5. The molecule has 24 heavy (non-hydrogen) atoms. The minimum Gasteiger partial charge on any atom is -0.378 e. The second-order valence-corrected chi connectivity index (χ2v) is 5.01. The molecule has 0 aliphatic rings. The van der Waals surface area contributed by atoms with E-state index in [0.29, 0.717) is 11.3 Å². The minimum absolute atomic E-state index is 0.0398. The summed E-state index contributed by atoms with van der Waals surface area (Å²) in [5.41, 5.74) is 0.283. The van der Waals surface area contributed by atoms with Gasteiger partial charge in [-0.15, -0.1) is 0 Å². The number of halogens is 2. The number of nitrogens with one attached hydrogen (secondary N) is 2. The fourth-order valence-electron chi connectivity index (χ4n) is 2.20. The van der Waals surface area contributed by atoms with Gasteiger partial charge in [0.2, 0.25) is 0 Å². The van der Waals surface area contributed by atoms with Crippen molar-refractivity contribution in [3.8, 4) is 0 Å². The summed E-state index contributed by atoms with van der Waals surface area (Å²) in [5, 5.41) is 16.2. The number of para-hydroxylation sites is 1. The van der Waals surface area contributed by atoms with Crippen LogP contribution in [0.3, 0.4) is 0 Å². The normalized spacial score (nSPS) is 10.3. The SMILES string of the molecule is Cc1cccc([N+](=O)[O-])c1NCCNC(=O)c1c(F)cccc1F. The van der Waals surface area contributed by atoms with E-state index in [1.54, 1.807) is 19.1 Å². The first kappa shape index (κ1) is 17.3. The van der Waals surface area contributed by atoms with Crippen LogP contribution in [0.4, 0.5) is 20.2 Å². The van der Waals surface area contributed by atoms with Crippen molar-refractivity contribution in [3.05, 3.63) is 69.3 Å². The van der Waals surface area contributed by atoms with E-state index in [0.717, 1.165) is 12.1 Å². The molecule has 0 radical (unpaired) electrons. The second-order valence-electron chi connectivity index (χ2n) is 5.01. The van der Waals surface area contributed by atoms with Crippen LogP contribution >= 0.6 is 0 Å². The largest absolute Gasteiger partial charge is 0.378 e. The van der Waals surface area contributed by atoms with E-state index >= 15 is 0 Å². The predicted octanol–water partition coefficient (Wildman–Crippen LogP) is 3.02. The van der Waals surface area contributed by atoms with Gasteiger partial charge in [0.05, 0.1) is 4.92 Å². The standard InChI is InChI=1S/C16H15F2N3O3/c1-10-4-2-7-13(21(23)24)15(10)19-8-9-20-16(22)14-11(17)5-3-6-12(14)18/h2-7,19H,8-9H2,1H3,(H,20,22). The molecule has 2 aromatic rings. The average Bonchev–Trinajstić information content (AvgIpc) is 2.52. The van der Waals surface area contributed by atoms with Gasteiger partial charge in [-0.2, -0.15) is 0 Å². The molecular formula is C16H15F2N3O3. The van der Waals surface area contributed by atoms with Crippen LogP contribution in [-0.4, -0.2) is 23.9 Å². The molecule has 2 N–H and O–H groups in total. The lowest BCUT2D eigenvalue weighted by molar-refractivity contribution is -0.384. The molecule has 2 aromatic carbocycles. The van der Waals surface area contributed by atoms with Crippen LogP contribution in [0.5, 0.6) is 0 Å². The van der Waals surface area contributed by atoms with Crippen molar-refractivity contribution in [2.75, 3.05) is 18.4 Å². The Labute approximate surface area is 136 Å². The highest BCUT2D eigenvalue weighted by molar-refractivity contribution is 5.94. The number of carbonyl (C=O) groups is 1. The van der Waals surface area contributed by atoms with Crippen LogP contribution in [0, 0.1) is 28.7 Å². The van der Waals surface area contributed by atoms with Gasteiger partial charge in [0, 0.05) is 19.2 Å². The van der Waals surface area contributed by atoms with E-state index < -0.39 is 28.0 Å². The Balaban J connectivity index is 1.97. The Hall–Kier alpha value is -3.03. The summed E-state index contributed by atoms with van der Waals surface area (Å²) in [6.45, 7) is 1.91.